The second-order valence-corrected chi connectivity index (χ2v) is 12.4. The monoisotopic (exact) mass is 581 g/mol. The maximum Gasteiger partial charge on any atom is 0.264 e. The van der Waals surface area contributed by atoms with Gasteiger partial charge in [-0.25, -0.2) is 8.42 Å². The molecule has 1 atom stereocenters. The molecule has 4 rings (SSSR count). The first-order chi connectivity index (χ1) is 19.3. The summed E-state index contributed by atoms with van der Waals surface area (Å²) in [5.41, 5.74) is 1.38. The van der Waals surface area contributed by atoms with Crippen molar-refractivity contribution < 1.29 is 18.0 Å². The fourth-order valence-corrected chi connectivity index (χ4v) is 6.54. The molecule has 0 spiro atoms. The van der Waals surface area contributed by atoms with Crippen molar-refractivity contribution in [2.45, 2.75) is 62.4 Å². The first kappa shape index (κ1) is 29.6. The Morgan fingerprint density at radius 1 is 0.900 bits per heavy atom. The van der Waals surface area contributed by atoms with Gasteiger partial charge in [-0.3, -0.25) is 13.9 Å². The summed E-state index contributed by atoms with van der Waals surface area (Å²) in [5.74, 6) is -0.677. The second kappa shape index (κ2) is 13.8. The number of nitrogens with zero attached hydrogens (tertiary/aromatic N) is 2. The summed E-state index contributed by atoms with van der Waals surface area (Å²) in [7, 11) is -4.11. The van der Waals surface area contributed by atoms with E-state index in [1.54, 1.807) is 37.3 Å². The van der Waals surface area contributed by atoms with Crippen molar-refractivity contribution in [3.05, 3.63) is 95.5 Å². The highest BCUT2D eigenvalue weighted by Gasteiger charge is 2.33. The zero-order valence-electron chi connectivity index (χ0n) is 22.7. The van der Waals surface area contributed by atoms with E-state index in [0.717, 1.165) is 35.6 Å². The lowest BCUT2D eigenvalue weighted by atomic mass is 9.95. The van der Waals surface area contributed by atoms with E-state index < -0.39 is 28.5 Å². The van der Waals surface area contributed by atoms with Crippen LogP contribution in [0.25, 0.3) is 0 Å². The Balaban J connectivity index is 1.61. The van der Waals surface area contributed by atoms with E-state index in [0.29, 0.717) is 17.1 Å². The van der Waals surface area contributed by atoms with E-state index in [9.17, 15) is 18.0 Å². The van der Waals surface area contributed by atoms with Crippen LogP contribution in [0.2, 0.25) is 5.02 Å². The van der Waals surface area contributed by atoms with Crippen molar-refractivity contribution >= 4 is 39.1 Å². The first-order valence-corrected chi connectivity index (χ1v) is 15.5. The molecule has 1 aliphatic carbocycles. The number of hydrogen-bond donors (Lipinski definition) is 1. The molecule has 9 heteroatoms. The molecule has 3 aromatic rings. The average Bonchev–Trinajstić information content (AvgIpc) is 2.97. The molecule has 0 heterocycles. The van der Waals surface area contributed by atoms with Crippen molar-refractivity contribution in [3.8, 4) is 0 Å². The normalized spacial score (nSPS) is 14.8. The Bertz CT molecular complexity index is 1360. The molecule has 0 radical (unpaired) electrons. The van der Waals surface area contributed by atoms with Gasteiger partial charge in [0.05, 0.1) is 10.6 Å². The predicted molar refractivity (Wildman–Crippen MR) is 159 cm³/mol. The van der Waals surface area contributed by atoms with Crippen LogP contribution < -0.4 is 9.62 Å². The molecule has 0 aliphatic heterocycles. The molecule has 0 bridgehead atoms. The van der Waals surface area contributed by atoms with Gasteiger partial charge in [0.2, 0.25) is 11.8 Å². The van der Waals surface area contributed by atoms with Crippen LogP contribution >= 0.6 is 11.6 Å². The van der Waals surface area contributed by atoms with E-state index in [1.807, 2.05) is 30.3 Å². The van der Waals surface area contributed by atoms with Crippen LogP contribution in [0.5, 0.6) is 0 Å². The number of hydrogen-bond acceptors (Lipinski definition) is 4. The Morgan fingerprint density at radius 2 is 1.50 bits per heavy atom. The number of nitrogens with one attached hydrogen (secondary N) is 1. The van der Waals surface area contributed by atoms with Gasteiger partial charge in [-0.1, -0.05) is 79.4 Å². The average molecular weight is 582 g/mol. The van der Waals surface area contributed by atoms with Crippen molar-refractivity contribution in [2.75, 3.05) is 17.4 Å². The number of rotatable bonds is 11. The van der Waals surface area contributed by atoms with Crippen LogP contribution in [0.15, 0.2) is 89.8 Å². The molecule has 7 nitrogen and oxygen atoms in total. The molecule has 1 N–H and O–H groups in total. The molecule has 0 unspecified atom stereocenters. The molecule has 1 fully saturated rings. The van der Waals surface area contributed by atoms with E-state index in [-0.39, 0.29) is 23.4 Å². The number of benzene rings is 3. The number of anilines is 1. The summed E-state index contributed by atoms with van der Waals surface area (Å²) >= 11 is 6.00. The summed E-state index contributed by atoms with van der Waals surface area (Å²) in [5, 5.41) is 3.53. The number of sulfonamides is 1. The first-order valence-electron chi connectivity index (χ1n) is 13.7. The maximum absolute atomic E-state index is 13.9. The Labute approximate surface area is 242 Å². The third kappa shape index (κ3) is 7.64. The van der Waals surface area contributed by atoms with Crippen molar-refractivity contribution in [3.63, 3.8) is 0 Å². The SMILES string of the molecule is C[C@H](C(=O)NC1CCCCC1)N(CCc1ccccc1)C(=O)CN(c1ccccc1)S(=O)(=O)c1ccc(Cl)cc1. The van der Waals surface area contributed by atoms with Crippen LogP contribution in [0, 0.1) is 0 Å². The second-order valence-electron chi connectivity index (χ2n) is 10.1. The summed E-state index contributed by atoms with van der Waals surface area (Å²) < 4.78 is 28.7. The zero-order valence-corrected chi connectivity index (χ0v) is 24.3. The molecular formula is C31H36ClN3O4S. The number of para-hydroxylation sites is 1. The van der Waals surface area contributed by atoms with Gasteiger partial charge in [0.25, 0.3) is 10.0 Å². The third-order valence-corrected chi connectivity index (χ3v) is 9.37. The fourth-order valence-electron chi connectivity index (χ4n) is 5.00. The molecule has 40 heavy (non-hydrogen) atoms. The third-order valence-electron chi connectivity index (χ3n) is 7.33. The highest BCUT2D eigenvalue weighted by Crippen LogP contribution is 2.25. The molecule has 1 aliphatic rings. The maximum atomic E-state index is 13.9. The van der Waals surface area contributed by atoms with Crippen LogP contribution in [-0.4, -0.2) is 50.3 Å². The molecule has 2 amide bonds. The molecule has 0 aromatic heterocycles. The predicted octanol–water partition coefficient (Wildman–Crippen LogP) is 5.44. The standard InChI is InChI=1S/C31H36ClN3O4S/c1-24(31(37)33-27-13-7-3-8-14-27)34(22-21-25-11-5-2-6-12-25)30(36)23-35(28-15-9-4-10-16-28)40(38,39)29-19-17-26(32)18-20-29/h2,4-6,9-12,15-20,24,27H,3,7-8,13-14,21-23H2,1H3,(H,33,37)/t24-/m1/s1. The van der Waals surface area contributed by atoms with Gasteiger partial charge < -0.3 is 10.2 Å². The summed E-state index contributed by atoms with van der Waals surface area (Å²) in [6.07, 6.45) is 5.70. The van der Waals surface area contributed by atoms with Crippen LogP contribution in [-0.2, 0) is 26.0 Å². The largest absolute Gasteiger partial charge is 0.352 e. The minimum Gasteiger partial charge on any atom is -0.352 e. The minimum absolute atomic E-state index is 0.0208. The van der Waals surface area contributed by atoms with Crippen LogP contribution in [0.4, 0.5) is 5.69 Å². The minimum atomic E-state index is -4.11. The van der Waals surface area contributed by atoms with E-state index in [4.69, 9.17) is 11.6 Å². The lowest BCUT2D eigenvalue weighted by molar-refractivity contribution is -0.139. The number of amides is 2. The number of carbonyl (C=O) groups is 2. The van der Waals surface area contributed by atoms with E-state index in [2.05, 4.69) is 5.32 Å². The van der Waals surface area contributed by atoms with Gasteiger partial charge in [0, 0.05) is 17.6 Å². The van der Waals surface area contributed by atoms with Gasteiger partial charge in [0.15, 0.2) is 0 Å². The molecule has 1 saturated carbocycles. The Kier molecular flexibility index (Phi) is 10.2. The Hall–Kier alpha value is -3.36. The molecular weight excluding hydrogens is 546 g/mol. The summed E-state index contributed by atoms with van der Waals surface area (Å²) in [6, 6.07) is 23.4. The molecule has 212 valence electrons. The van der Waals surface area contributed by atoms with E-state index in [1.165, 1.54) is 35.6 Å². The zero-order chi connectivity index (χ0) is 28.5. The lowest BCUT2D eigenvalue weighted by Crippen LogP contribution is -2.53. The van der Waals surface area contributed by atoms with Crippen molar-refractivity contribution in [1.82, 2.24) is 10.2 Å². The summed E-state index contributed by atoms with van der Waals surface area (Å²) in [4.78, 5) is 28.8. The lowest BCUT2D eigenvalue weighted by Gasteiger charge is -2.33. The van der Waals surface area contributed by atoms with Crippen molar-refractivity contribution in [1.29, 1.82) is 0 Å². The highest BCUT2D eigenvalue weighted by molar-refractivity contribution is 7.92. The number of halogens is 1. The van der Waals surface area contributed by atoms with Crippen LogP contribution in [0.1, 0.15) is 44.6 Å². The van der Waals surface area contributed by atoms with Gasteiger partial charge >= 0.3 is 0 Å². The summed E-state index contributed by atoms with van der Waals surface area (Å²) in [6.45, 7) is 1.53. The van der Waals surface area contributed by atoms with Gasteiger partial charge in [-0.05, 0) is 68.1 Å². The topological polar surface area (TPSA) is 86.8 Å². The smallest absolute Gasteiger partial charge is 0.264 e. The molecule has 3 aromatic carbocycles. The quantitative estimate of drug-likeness (QED) is 0.326. The van der Waals surface area contributed by atoms with Gasteiger partial charge in [-0.2, -0.15) is 0 Å². The highest BCUT2D eigenvalue weighted by atomic mass is 35.5. The number of carbonyl (C=O) groups excluding carboxylic acids is 2. The van der Waals surface area contributed by atoms with Gasteiger partial charge in [0.1, 0.15) is 12.6 Å². The van der Waals surface area contributed by atoms with Gasteiger partial charge in [-0.15, -0.1) is 0 Å². The Morgan fingerprint density at radius 3 is 2.12 bits per heavy atom. The van der Waals surface area contributed by atoms with E-state index >= 15 is 0 Å². The van der Waals surface area contributed by atoms with Crippen LogP contribution in [0.3, 0.4) is 0 Å². The van der Waals surface area contributed by atoms with Crippen molar-refractivity contribution in [2.24, 2.45) is 0 Å². The molecule has 0 saturated heterocycles. The fraction of sp³-hybridized carbons (Fsp3) is 0.355.